The van der Waals surface area contributed by atoms with Gasteiger partial charge in [-0.3, -0.25) is 9.38 Å². The van der Waals surface area contributed by atoms with Crippen molar-refractivity contribution in [2.75, 3.05) is 25.1 Å². The number of ether oxygens (including phenoxy) is 1. The first kappa shape index (κ1) is 14.5. The lowest BCUT2D eigenvalue weighted by Gasteiger charge is -2.08. The zero-order valence-electron chi connectivity index (χ0n) is 12.7. The Morgan fingerprint density at radius 1 is 1.23 bits per heavy atom. The van der Waals surface area contributed by atoms with Crippen LogP contribution in [0.15, 0.2) is 48.9 Å². The molecule has 0 spiro atoms. The van der Waals surface area contributed by atoms with Crippen LogP contribution in [0.1, 0.15) is 13.3 Å². The molecule has 114 valence electrons. The lowest BCUT2D eigenvalue weighted by molar-refractivity contribution is 0.147. The molecule has 5 nitrogen and oxygen atoms in total. The number of nitrogens with one attached hydrogen (secondary N) is 1. The van der Waals surface area contributed by atoms with Crippen molar-refractivity contribution in [1.82, 2.24) is 14.4 Å². The van der Waals surface area contributed by atoms with E-state index < -0.39 is 0 Å². The molecule has 1 aromatic carbocycles. The van der Waals surface area contributed by atoms with Gasteiger partial charge in [-0.05, 0) is 13.3 Å². The summed E-state index contributed by atoms with van der Waals surface area (Å²) in [5, 5.41) is 3.49. The van der Waals surface area contributed by atoms with Gasteiger partial charge in [0, 0.05) is 37.7 Å². The van der Waals surface area contributed by atoms with Gasteiger partial charge in [0.25, 0.3) is 0 Å². The smallest absolute Gasteiger partial charge is 0.157 e. The first-order chi connectivity index (χ1) is 10.9. The molecular weight excluding hydrogens is 276 g/mol. The van der Waals surface area contributed by atoms with Gasteiger partial charge in [-0.15, -0.1) is 0 Å². The average Bonchev–Trinajstić information content (AvgIpc) is 2.94. The Labute approximate surface area is 130 Å². The molecule has 0 aliphatic carbocycles. The largest absolute Gasteiger partial charge is 0.382 e. The van der Waals surface area contributed by atoms with E-state index in [0.717, 1.165) is 48.9 Å². The summed E-state index contributed by atoms with van der Waals surface area (Å²) in [7, 11) is 0. The number of nitrogens with zero attached hydrogens (tertiary/aromatic N) is 3. The van der Waals surface area contributed by atoms with E-state index in [1.807, 2.05) is 35.7 Å². The van der Waals surface area contributed by atoms with Gasteiger partial charge in [-0.1, -0.05) is 30.3 Å². The van der Waals surface area contributed by atoms with Crippen LogP contribution in [-0.2, 0) is 4.74 Å². The number of anilines is 1. The van der Waals surface area contributed by atoms with Gasteiger partial charge in [-0.25, -0.2) is 4.98 Å². The lowest BCUT2D eigenvalue weighted by Crippen LogP contribution is -2.08. The first-order valence-corrected chi connectivity index (χ1v) is 7.59. The Kier molecular flexibility index (Phi) is 4.65. The van der Waals surface area contributed by atoms with E-state index in [9.17, 15) is 0 Å². The summed E-state index contributed by atoms with van der Waals surface area (Å²) >= 11 is 0. The zero-order valence-corrected chi connectivity index (χ0v) is 12.7. The quantitative estimate of drug-likeness (QED) is 0.680. The number of aromatic nitrogens is 3. The summed E-state index contributed by atoms with van der Waals surface area (Å²) in [6, 6.07) is 10.2. The minimum atomic E-state index is 0.760. The Balaban J connectivity index is 1.88. The maximum atomic E-state index is 5.38. The fourth-order valence-corrected chi connectivity index (χ4v) is 2.40. The molecule has 1 N–H and O–H groups in total. The number of rotatable bonds is 7. The third kappa shape index (κ3) is 3.09. The molecule has 22 heavy (non-hydrogen) atoms. The summed E-state index contributed by atoms with van der Waals surface area (Å²) in [6.45, 7) is 4.38. The fraction of sp³-hybridized carbons (Fsp3) is 0.294. The Hall–Kier alpha value is -2.40. The van der Waals surface area contributed by atoms with Crippen molar-refractivity contribution < 1.29 is 4.74 Å². The maximum absolute atomic E-state index is 5.38. The molecule has 2 aromatic heterocycles. The van der Waals surface area contributed by atoms with Crippen LogP contribution >= 0.6 is 0 Å². The molecule has 0 aliphatic rings. The van der Waals surface area contributed by atoms with E-state index in [0.29, 0.717) is 0 Å². The highest BCUT2D eigenvalue weighted by atomic mass is 16.5. The average molecular weight is 296 g/mol. The molecule has 0 saturated carbocycles. The topological polar surface area (TPSA) is 51.5 Å². The third-order valence-electron chi connectivity index (χ3n) is 3.44. The summed E-state index contributed by atoms with van der Waals surface area (Å²) in [5.74, 6) is 1.00. The van der Waals surface area contributed by atoms with Gasteiger partial charge in [0.2, 0.25) is 0 Å². The van der Waals surface area contributed by atoms with Gasteiger partial charge in [-0.2, -0.15) is 0 Å². The minimum absolute atomic E-state index is 0.760. The van der Waals surface area contributed by atoms with Gasteiger partial charge in [0.1, 0.15) is 11.5 Å². The van der Waals surface area contributed by atoms with Gasteiger partial charge in [0.05, 0.1) is 6.20 Å². The van der Waals surface area contributed by atoms with Crippen LogP contribution < -0.4 is 5.32 Å². The Bertz CT molecular complexity index is 724. The first-order valence-electron chi connectivity index (χ1n) is 7.59. The van der Waals surface area contributed by atoms with E-state index in [1.54, 1.807) is 12.4 Å². The van der Waals surface area contributed by atoms with E-state index in [1.165, 1.54) is 0 Å². The molecule has 0 atom stereocenters. The SMILES string of the molecule is CCOCCCNc1c(-c2ccccc2)nc2cnccn12. The van der Waals surface area contributed by atoms with Crippen molar-refractivity contribution >= 4 is 11.5 Å². The lowest BCUT2D eigenvalue weighted by atomic mass is 10.1. The van der Waals surface area contributed by atoms with Crippen LogP contribution in [0.4, 0.5) is 5.82 Å². The van der Waals surface area contributed by atoms with Crippen LogP contribution in [-0.4, -0.2) is 34.1 Å². The van der Waals surface area contributed by atoms with Gasteiger partial charge < -0.3 is 10.1 Å². The second-order valence-corrected chi connectivity index (χ2v) is 4.96. The van der Waals surface area contributed by atoms with Gasteiger partial charge in [0.15, 0.2) is 5.65 Å². The van der Waals surface area contributed by atoms with Crippen molar-refractivity contribution in [2.24, 2.45) is 0 Å². The number of imidazole rings is 1. The molecule has 0 radical (unpaired) electrons. The van der Waals surface area contributed by atoms with Crippen LogP contribution in [0.25, 0.3) is 16.9 Å². The molecule has 0 saturated heterocycles. The fourth-order valence-electron chi connectivity index (χ4n) is 2.40. The molecule has 0 amide bonds. The van der Waals surface area contributed by atoms with Crippen LogP contribution in [0.2, 0.25) is 0 Å². The van der Waals surface area contributed by atoms with Crippen molar-refractivity contribution in [2.45, 2.75) is 13.3 Å². The van der Waals surface area contributed by atoms with Crippen molar-refractivity contribution in [1.29, 1.82) is 0 Å². The van der Waals surface area contributed by atoms with Crippen LogP contribution in [0.5, 0.6) is 0 Å². The molecule has 0 fully saturated rings. The number of benzene rings is 1. The third-order valence-corrected chi connectivity index (χ3v) is 3.44. The predicted octanol–water partition coefficient (Wildman–Crippen LogP) is 3.23. The Morgan fingerprint density at radius 3 is 2.91 bits per heavy atom. The van der Waals surface area contributed by atoms with E-state index in [4.69, 9.17) is 9.72 Å². The zero-order chi connectivity index (χ0) is 15.2. The summed E-state index contributed by atoms with van der Waals surface area (Å²) in [5.41, 5.74) is 2.89. The van der Waals surface area contributed by atoms with E-state index in [-0.39, 0.29) is 0 Å². The van der Waals surface area contributed by atoms with Crippen LogP contribution in [0.3, 0.4) is 0 Å². The monoisotopic (exact) mass is 296 g/mol. The van der Waals surface area contributed by atoms with Crippen molar-refractivity contribution in [3.63, 3.8) is 0 Å². The molecule has 5 heteroatoms. The van der Waals surface area contributed by atoms with Gasteiger partial charge >= 0.3 is 0 Å². The normalized spacial score (nSPS) is 11.0. The second kappa shape index (κ2) is 7.04. The van der Waals surface area contributed by atoms with E-state index >= 15 is 0 Å². The predicted molar refractivity (Wildman–Crippen MR) is 88.0 cm³/mol. The summed E-state index contributed by atoms with van der Waals surface area (Å²) < 4.78 is 7.42. The minimum Gasteiger partial charge on any atom is -0.382 e. The number of hydrogen-bond acceptors (Lipinski definition) is 4. The van der Waals surface area contributed by atoms with Crippen molar-refractivity contribution in [3.05, 3.63) is 48.9 Å². The van der Waals surface area contributed by atoms with Crippen molar-refractivity contribution in [3.8, 4) is 11.3 Å². The number of fused-ring (bicyclic) bond motifs is 1. The molecule has 0 aliphatic heterocycles. The highest BCUT2D eigenvalue weighted by Gasteiger charge is 2.13. The second-order valence-electron chi connectivity index (χ2n) is 4.96. The standard InChI is InChI=1S/C17H20N4O/c1-2-22-12-6-9-19-17-16(14-7-4-3-5-8-14)20-15-13-18-10-11-21(15)17/h3-5,7-8,10-11,13,19H,2,6,9,12H2,1H3. The highest BCUT2D eigenvalue weighted by Crippen LogP contribution is 2.28. The molecule has 0 bridgehead atoms. The molecule has 3 aromatic rings. The van der Waals surface area contributed by atoms with Crippen LogP contribution in [0, 0.1) is 0 Å². The van der Waals surface area contributed by atoms with E-state index in [2.05, 4.69) is 22.4 Å². The molecule has 3 rings (SSSR count). The molecule has 2 heterocycles. The summed E-state index contributed by atoms with van der Waals surface area (Å²) in [4.78, 5) is 8.86. The maximum Gasteiger partial charge on any atom is 0.157 e. The molecule has 0 unspecified atom stereocenters. The summed E-state index contributed by atoms with van der Waals surface area (Å²) in [6.07, 6.45) is 6.44. The molecular formula is C17H20N4O. The highest BCUT2D eigenvalue weighted by molar-refractivity contribution is 5.76. The number of hydrogen-bond donors (Lipinski definition) is 1. The Morgan fingerprint density at radius 2 is 2.09 bits per heavy atom.